The summed E-state index contributed by atoms with van der Waals surface area (Å²) in [5, 5.41) is 7.86. The van der Waals surface area contributed by atoms with Gasteiger partial charge in [0.25, 0.3) is 0 Å². The van der Waals surface area contributed by atoms with Crippen LogP contribution in [-0.4, -0.2) is 37.8 Å². The number of carbonyl (C=O) groups is 1. The summed E-state index contributed by atoms with van der Waals surface area (Å²) in [5.74, 6) is -1.04. The summed E-state index contributed by atoms with van der Waals surface area (Å²) in [6.45, 7) is 0.704. The van der Waals surface area contributed by atoms with Crippen molar-refractivity contribution in [3.63, 3.8) is 0 Å². The second kappa shape index (κ2) is 6.63. The van der Waals surface area contributed by atoms with E-state index >= 15 is 0 Å². The molecule has 0 aromatic heterocycles. The fourth-order valence-corrected chi connectivity index (χ4v) is 2.22. The van der Waals surface area contributed by atoms with Gasteiger partial charge in [-0.2, -0.15) is 0 Å². The number of esters is 1. The monoisotopic (exact) mass is 265 g/mol. The molecular formula is C14H19NO4. The molecule has 2 aliphatic rings. The van der Waals surface area contributed by atoms with E-state index in [1.54, 1.807) is 6.08 Å². The normalized spacial score (nSPS) is 30.1. The molecule has 19 heavy (non-hydrogen) atoms. The van der Waals surface area contributed by atoms with E-state index in [2.05, 4.69) is 4.74 Å². The van der Waals surface area contributed by atoms with Gasteiger partial charge in [0.05, 0.1) is 19.1 Å². The van der Waals surface area contributed by atoms with E-state index in [-0.39, 0.29) is 18.1 Å². The van der Waals surface area contributed by atoms with Gasteiger partial charge in [0, 0.05) is 6.61 Å². The minimum atomic E-state index is -0.622. The maximum Gasteiger partial charge on any atom is 0.352 e. The van der Waals surface area contributed by atoms with Crippen LogP contribution in [0.5, 0.6) is 0 Å². The SMILES string of the molecule is COC(=O)C(=N)C1C=CC=CC1OC1CCCCO1. The molecule has 1 aliphatic carbocycles. The topological polar surface area (TPSA) is 68.6 Å². The molecule has 0 saturated carbocycles. The first-order valence-electron chi connectivity index (χ1n) is 6.51. The van der Waals surface area contributed by atoms with Crippen molar-refractivity contribution in [1.29, 1.82) is 5.41 Å². The Bertz CT molecular complexity index is 396. The average molecular weight is 265 g/mol. The average Bonchev–Trinajstić information content (AvgIpc) is 2.47. The number of carbonyl (C=O) groups excluding carboxylic acids is 1. The highest BCUT2D eigenvalue weighted by molar-refractivity contribution is 6.36. The Kier molecular flexibility index (Phi) is 4.87. The summed E-state index contributed by atoms with van der Waals surface area (Å²) < 4.78 is 16.0. The number of hydrogen-bond acceptors (Lipinski definition) is 5. The summed E-state index contributed by atoms with van der Waals surface area (Å²) >= 11 is 0. The van der Waals surface area contributed by atoms with Gasteiger partial charge in [-0.05, 0) is 19.3 Å². The molecule has 3 atom stereocenters. The largest absolute Gasteiger partial charge is 0.465 e. The quantitative estimate of drug-likeness (QED) is 0.622. The lowest BCUT2D eigenvalue weighted by molar-refractivity contribution is -0.181. The number of allylic oxidation sites excluding steroid dienone is 2. The minimum absolute atomic E-state index is 0.0936. The van der Waals surface area contributed by atoms with Crippen molar-refractivity contribution in [2.45, 2.75) is 31.7 Å². The molecule has 104 valence electrons. The molecule has 0 aromatic rings. The molecule has 0 amide bonds. The van der Waals surface area contributed by atoms with E-state index in [0.717, 1.165) is 19.3 Å². The van der Waals surface area contributed by atoms with Crippen molar-refractivity contribution in [3.8, 4) is 0 Å². The molecule has 0 bridgehead atoms. The zero-order valence-corrected chi connectivity index (χ0v) is 11.0. The molecule has 0 radical (unpaired) electrons. The maximum atomic E-state index is 11.5. The highest BCUT2D eigenvalue weighted by atomic mass is 16.7. The smallest absolute Gasteiger partial charge is 0.352 e. The number of ether oxygens (including phenoxy) is 3. The zero-order chi connectivity index (χ0) is 13.7. The molecule has 5 nitrogen and oxygen atoms in total. The van der Waals surface area contributed by atoms with Crippen LogP contribution in [0, 0.1) is 11.3 Å². The summed E-state index contributed by atoms with van der Waals surface area (Å²) in [5.41, 5.74) is -0.0936. The van der Waals surface area contributed by atoms with Crippen molar-refractivity contribution in [3.05, 3.63) is 24.3 Å². The lowest BCUT2D eigenvalue weighted by Crippen LogP contribution is -2.37. The third-order valence-corrected chi connectivity index (χ3v) is 3.27. The molecule has 1 saturated heterocycles. The van der Waals surface area contributed by atoms with Crippen LogP contribution in [0.15, 0.2) is 24.3 Å². The van der Waals surface area contributed by atoms with Gasteiger partial charge < -0.3 is 14.2 Å². The Morgan fingerprint density at radius 1 is 1.32 bits per heavy atom. The lowest BCUT2D eigenvalue weighted by atomic mass is 9.92. The summed E-state index contributed by atoms with van der Waals surface area (Å²) in [7, 11) is 1.28. The Hall–Kier alpha value is -1.46. The molecule has 1 fully saturated rings. The second-order valence-electron chi connectivity index (χ2n) is 4.60. The minimum Gasteiger partial charge on any atom is -0.465 e. The van der Waals surface area contributed by atoms with Crippen LogP contribution in [0.2, 0.25) is 0 Å². The molecule has 0 aromatic carbocycles. The molecule has 1 N–H and O–H groups in total. The van der Waals surface area contributed by atoms with Crippen molar-refractivity contribution < 1.29 is 19.0 Å². The van der Waals surface area contributed by atoms with Crippen LogP contribution in [0.4, 0.5) is 0 Å². The molecule has 0 spiro atoms. The van der Waals surface area contributed by atoms with Gasteiger partial charge in [-0.1, -0.05) is 24.3 Å². The number of methoxy groups -OCH3 is 1. The maximum absolute atomic E-state index is 11.5. The van der Waals surface area contributed by atoms with Crippen molar-refractivity contribution in [1.82, 2.24) is 0 Å². The third kappa shape index (κ3) is 3.52. The predicted molar refractivity (Wildman–Crippen MR) is 70.0 cm³/mol. The van der Waals surface area contributed by atoms with Crippen LogP contribution in [0.1, 0.15) is 19.3 Å². The molecule has 1 aliphatic heterocycles. The van der Waals surface area contributed by atoms with E-state index < -0.39 is 11.9 Å². The Morgan fingerprint density at radius 3 is 2.79 bits per heavy atom. The second-order valence-corrected chi connectivity index (χ2v) is 4.60. The Balaban J connectivity index is 2.00. The van der Waals surface area contributed by atoms with Crippen molar-refractivity contribution in [2.24, 2.45) is 5.92 Å². The zero-order valence-electron chi connectivity index (χ0n) is 11.0. The van der Waals surface area contributed by atoms with E-state index in [9.17, 15) is 4.79 Å². The molecular weight excluding hydrogens is 246 g/mol. The van der Waals surface area contributed by atoms with Crippen LogP contribution in [0.25, 0.3) is 0 Å². The van der Waals surface area contributed by atoms with Gasteiger partial charge >= 0.3 is 5.97 Å². The van der Waals surface area contributed by atoms with E-state index in [1.165, 1.54) is 7.11 Å². The summed E-state index contributed by atoms with van der Waals surface area (Å²) in [6, 6.07) is 0. The van der Waals surface area contributed by atoms with Gasteiger partial charge in [-0.3, -0.25) is 5.41 Å². The number of nitrogens with one attached hydrogen (secondary N) is 1. The highest BCUT2D eigenvalue weighted by Crippen LogP contribution is 2.23. The van der Waals surface area contributed by atoms with Gasteiger partial charge in [0.1, 0.15) is 5.71 Å². The number of rotatable bonds is 4. The van der Waals surface area contributed by atoms with Crippen LogP contribution in [0.3, 0.4) is 0 Å². The van der Waals surface area contributed by atoms with Gasteiger partial charge in [-0.25, -0.2) is 4.79 Å². The first kappa shape index (κ1) is 14.0. The van der Waals surface area contributed by atoms with Crippen LogP contribution < -0.4 is 0 Å². The molecule has 3 unspecified atom stereocenters. The van der Waals surface area contributed by atoms with E-state index in [1.807, 2.05) is 18.2 Å². The Labute approximate surface area is 112 Å². The van der Waals surface area contributed by atoms with Gasteiger partial charge in [0.15, 0.2) is 6.29 Å². The molecule has 2 rings (SSSR count). The first-order valence-corrected chi connectivity index (χ1v) is 6.51. The predicted octanol–water partition coefficient (Wildman–Crippen LogP) is 1.83. The summed E-state index contributed by atoms with van der Waals surface area (Å²) in [6.07, 6.45) is 9.69. The fraction of sp³-hybridized carbons (Fsp3) is 0.571. The fourth-order valence-electron chi connectivity index (χ4n) is 2.22. The highest BCUT2D eigenvalue weighted by Gasteiger charge is 2.31. The first-order chi connectivity index (χ1) is 9.22. The van der Waals surface area contributed by atoms with Crippen LogP contribution >= 0.6 is 0 Å². The van der Waals surface area contributed by atoms with Crippen molar-refractivity contribution in [2.75, 3.05) is 13.7 Å². The molecule has 5 heteroatoms. The van der Waals surface area contributed by atoms with Gasteiger partial charge in [0.2, 0.25) is 0 Å². The summed E-state index contributed by atoms with van der Waals surface area (Å²) in [4.78, 5) is 11.5. The molecule has 1 heterocycles. The van der Waals surface area contributed by atoms with E-state index in [0.29, 0.717) is 6.61 Å². The van der Waals surface area contributed by atoms with Gasteiger partial charge in [-0.15, -0.1) is 0 Å². The van der Waals surface area contributed by atoms with Crippen molar-refractivity contribution >= 4 is 11.7 Å². The van der Waals surface area contributed by atoms with E-state index in [4.69, 9.17) is 14.9 Å². The lowest BCUT2D eigenvalue weighted by Gasteiger charge is -2.30. The number of hydrogen-bond donors (Lipinski definition) is 1. The third-order valence-electron chi connectivity index (χ3n) is 3.27. The standard InChI is InChI=1S/C14H19NO4/c1-17-14(16)13(15)10-6-2-3-7-11(10)19-12-8-4-5-9-18-12/h2-3,6-7,10-12,15H,4-5,8-9H2,1H3. The Morgan fingerprint density at radius 2 is 2.11 bits per heavy atom. The van der Waals surface area contributed by atoms with Crippen LogP contribution in [-0.2, 0) is 19.0 Å².